The lowest BCUT2D eigenvalue weighted by Gasteiger charge is -2.32. The first-order valence-electron chi connectivity index (χ1n) is 11.9. The summed E-state index contributed by atoms with van der Waals surface area (Å²) in [6, 6.07) is 8.69. The van der Waals surface area contributed by atoms with Gasteiger partial charge in [-0.3, -0.25) is 4.90 Å². The molecule has 2 N–H and O–H groups in total. The SMILES string of the molecule is CCOc1cc(CN2CCC(Nc3ncnc4[nH]cnc34)CC2)cc(OCC)c1-n1cccc1. The summed E-state index contributed by atoms with van der Waals surface area (Å²) in [5, 5.41) is 3.57. The van der Waals surface area contributed by atoms with Crippen LogP contribution in [0.5, 0.6) is 11.5 Å². The van der Waals surface area contributed by atoms with E-state index >= 15 is 0 Å². The van der Waals surface area contributed by atoms with Crippen LogP contribution >= 0.6 is 0 Å². The zero-order valence-electron chi connectivity index (χ0n) is 19.7. The standard InChI is InChI=1S/C25H31N7O2/c1-3-33-20-13-18(14-21(34-4-2)23(20)32-9-5-6-10-32)15-31-11-7-19(8-12-31)30-25-22-24(27-16-26-22)28-17-29-25/h5-6,9-10,13-14,16-17,19H,3-4,7-8,11-12,15H2,1-2H3,(H2,26,27,28,29,30). The van der Waals surface area contributed by atoms with E-state index in [2.05, 4.69) is 46.9 Å². The number of hydrogen-bond donors (Lipinski definition) is 2. The predicted octanol–water partition coefficient (Wildman–Crippen LogP) is 4.02. The first-order valence-corrected chi connectivity index (χ1v) is 11.9. The van der Waals surface area contributed by atoms with Gasteiger partial charge < -0.3 is 24.3 Å². The Labute approximate surface area is 199 Å². The number of benzene rings is 1. The van der Waals surface area contributed by atoms with Gasteiger partial charge in [0.25, 0.3) is 0 Å². The molecule has 0 bridgehead atoms. The number of anilines is 1. The van der Waals surface area contributed by atoms with Gasteiger partial charge in [0.1, 0.15) is 29.0 Å². The van der Waals surface area contributed by atoms with Crippen LogP contribution in [0.15, 0.2) is 49.3 Å². The Kier molecular flexibility index (Phi) is 6.62. The number of hydrogen-bond acceptors (Lipinski definition) is 7. The van der Waals surface area contributed by atoms with Crippen molar-refractivity contribution in [3.05, 3.63) is 54.9 Å². The van der Waals surface area contributed by atoms with Crippen molar-refractivity contribution in [1.29, 1.82) is 0 Å². The number of likely N-dealkylation sites (tertiary alicyclic amines) is 1. The summed E-state index contributed by atoms with van der Waals surface area (Å²) in [5.74, 6) is 2.50. The number of rotatable bonds is 9. The van der Waals surface area contributed by atoms with Crippen LogP contribution in [-0.4, -0.2) is 61.7 Å². The normalized spacial score (nSPS) is 15.0. The monoisotopic (exact) mass is 461 g/mol. The summed E-state index contributed by atoms with van der Waals surface area (Å²) >= 11 is 0. The molecule has 0 unspecified atom stereocenters. The summed E-state index contributed by atoms with van der Waals surface area (Å²) in [7, 11) is 0. The van der Waals surface area contributed by atoms with Crippen LogP contribution in [0.3, 0.4) is 0 Å². The molecule has 1 aromatic carbocycles. The molecule has 0 atom stereocenters. The fourth-order valence-electron chi connectivity index (χ4n) is 4.55. The van der Waals surface area contributed by atoms with E-state index < -0.39 is 0 Å². The molecule has 0 amide bonds. The third-order valence-corrected chi connectivity index (χ3v) is 6.11. The van der Waals surface area contributed by atoms with Crippen molar-refractivity contribution in [2.75, 3.05) is 31.6 Å². The second-order valence-electron chi connectivity index (χ2n) is 8.41. The predicted molar refractivity (Wildman–Crippen MR) is 132 cm³/mol. The molecule has 9 heteroatoms. The zero-order valence-corrected chi connectivity index (χ0v) is 19.7. The zero-order chi connectivity index (χ0) is 23.3. The smallest absolute Gasteiger partial charge is 0.162 e. The number of aromatic nitrogens is 5. The topological polar surface area (TPSA) is 93.1 Å². The molecule has 4 heterocycles. The maximum Gasteiger partial charge on any atom is 0.162 e. The lowest BCUT2D eigenvalue weighted by molar-refractivity contribution is 0.210. The molecule has 0 spiro atoms. The van der Waals surface area contributed by atoms with Crippen molar-refractivity contribution in [2.24, 2.45) is 0 Å². The highest BCUT2D eigenvalue weighted by Gasteiger charge is 2.22. The minimum absolute atomic E-state index is 0.361. The van der Waals surface area contributed by atoms with E-state index in [1.54, 1.807) is 12.7 Å². The molecule has 3 aromatic heterocycles. The van der Waals surface area contributed by atoms with Gasteiger partial charge in [0.2, 0.25) is 0 Å². The van der Waals surface area contributed by atoms with Crippen LogP contribution in [0.1, 0.15) is 32.3 Å². The van der Waals surface area contributed by atoms with Crippen LogP contribution in [0.25, 0.3) is 16.9 Å². The van der Waals surface area contributed by atoms with Crippen molar-refractivity contribution < 1.29 is 9.47 Å². The highest BCUT2D eigenvalue weighted by atomic mass is 16.5. The summed E-state index contributed by atoms with van der Waals surface area (Å²) in [6.45, 7) is 8.09. The highest BCUT2D eigenvalue weighted by Crippen LogP contribution is 2.35. The number of nitrogens with one attached hydrogen (secondary N) is 2. The van der Waals surface area contributed by atoms with Gasteiger partial charge in [-0.1, -0.05) is 0 Å². The summed E-state index contributed by atoms with van der Waals surface area (Å²) in [5.41, 5.74) is 3.70. The largest absolute Gasteiger partial charge is 0.492 e. The molecule has 34 heavy (non-hydrogen) atoms. The van der Waals surface area contributed by atoms with Crippen LogP contribution in [0.2, 0.25) is 0 Å². The van der Waals surface area contributed by atoms with Gasteiger partial charge in [-0.25, -0.2) is 15.0 Å². The van der Waals surface area contributed by atoms with Crippen LogP contribution in [-0.2, 0) is 6.54 Å². The van der Waals surface area contributed by atoms with Crippen molar-refractivity contribution in [3.63, 3.8) is 0 Å². The second-order valence-corrected chi connectivity index (χ2v) is 8.41. The highest BCUT2D eigenvalue weighted by molar-refractivity contribution is 5.82. The Hall–Kier alpha value is -3.59. The van der Waals surface area contributed by atoms with Crippen molar-refractivity contribution in [2.45, 2.75) is 39.3 Å². The van der Waals surface area contributed by atoms with E-state index in [0.29, 0.717) is 19.3 Å². The molecule has 1 saturated heterocycles. The third-order valence-electron chi connectivity index (χ3n) is 6.11. The van der Waals surface area contributed by atoms with Crippen molar-refractivity contribution in [1.82, 2.24) is 29.4 Å². The number of nitrogens with zero attached hydrogens (tertiary/aromatic N) is 5. The number of fused-ring (bicyclic) bond motifs is 1. The maximum atomic E-state index is 6.04. The van der Waals surface area contributed by atoms with E-state index in [9.17, 15) is 0 Å². The van der Waals surface area contributed by atoms with E-state index in [-0.39, 0.29) is 0 Å². The summed E-state index contributed by atoms with van der Waals surface area (Å²) in [6.07, 6.45) is 9.34. The van der Waals surface area contributed by atoms with Gasteiger partial charge in [-0.15, -0.1) is 0 Å². The molecular formula is C25H31N7O2. The van der Waals surface area contributed by atoms with Gasteiger partial charge >= 0.3 is 0 Å². The molecule has 5 rings (SSSR count). The van der Waals surface area contributed by atoms with Crippen LogP contribution < -0.4 is 14.8 Å². The summed E-state index contributed by atoms with van der Waals surface area (Å²) in [4.78, 5) is 18.5. The Bertz CT molecular complexity index is 1190. The van der Waals surface area contributed by atoms with E-state index in [4.69, 9.17) is 9.47 Å². The average Bonchev–Trinajstić information content (AvgIpc) is 3.54. The molecule has 0 aliphatic carbocycles. The van der Waals surface area contributed by atoms with Gasteiger partial charge in [0, 0.05) is 38.1 Å². The molecule has 9 nitrogen and oxygen atoms in total. The molecule has 1 aliphatic heterocycles. The number of ether oxygens (including phenoxy) is 2. The van der Waals surface area contributed by atoms with E-state index in [1.165, 1.54) is 5.56 Å². The second kappa shape index (κ2) is 10.1. The minimum Gasteiger partial charge on any atom is -0.492 e. The lowest BCUT2D eigenvalue weighted by Crippen LogP contribution is -2.38. The van der Waals surface area contributed by atoms with Crippen LogP contribution in [0, 0.1) is 0 Å². The molecule has 0 radical (unpaired) electrons. The molecule has 4 aromatic rings. The number of H-pyrrole nitrogens is 1. The van der Waals surface area contributed by atoms with Gasteiger partial charge in [0.05, 0.1) is 19.5 Å². The quantitative estimate of drug-likeness (QED) is 0.389. The average molecular weight is 462 g/mol. The molecular weight excluding hydrogens is 430 g/mol. The fourth-order valence-corrected chi connectivity index (χ4v) is 4.55. The first-order chi connectivity index (χ1) is 16.7. The minimum atomic E-state index is 0.361. The fraction of sp³-hybridized carbons (Fsp3) is 0.400. The lowest BCUT2D eigenvalue weighted by atomic mass is 10.0. The number of imidazole rings is 1. The van der Waals surface area contributed by atoms with Crippen molar-refractivity contribution >= 4 is 17.0 Å². The number of piperidine rings is 1. The van der Waals surface area contributed by atoms with Gasteiger partial charge in [-0.05, 0) is 56.5 Å². The van der Waals surface area contributed by atoms with Gasteiger partial charge in [0.15, 0.2) is 11.5 Å². The molecule has 0 saturated carbocycles. The van der Waals surface area contributed by atoms with Crippen LogP contribution in [0.4, 0.5) is 5.82 Å². The maximum absolute atomic E-state index is 6.04. The molecule has 1 aliphatic rings. The van der Waals surface area contributed by atoms with Crippen molar-refractivity contribution in [3.8, 4) is 17.2 Å². The Morgan fingerprint density at radius 2 is 1.71 bits per heavy atom. The third kappa shape index (κ3) is 4.70. The van der Waals surface area contributed by atoms with E-state index in [0.717, 1.165) is 66.6 Å². The molecule has 178 valence electrons. The summed E-state index contributed by atoms with van der Waals surface area (Å²) < 4.78 is 14.1. The Morgan fingerprint density at radius 3 is 2.38 bits per heavy atom. The first kappa shape index (κ1) is 22.2. The van der Waals surface area contributed by atoms with Gasteiger partial charge in [-0.2, -0.15) is 0 Å². The van der Waals surface area contributed by atoms with E-state index in [1.807, 2.05) is 38.4 Å². The number of aromatic amines is 1. The molecule has 1 fully saturated rings. The Morgan fingerprint density at radius 1 is 1.00 bits per heavy atom. The Balaban J connectivity index is 1.28.